The van der Waals surface area contributed by atoms with Gasteiger partial charge in [-0.15, -0.1) is 0 Å². The van der Waals surface area contributed by atoms with E-state index < -0.39 is 0 Å². The van der Waals surface area contributed by atoms with E-state index in [1.165, 1.54) is 11.1 Å². The molecule has 3 aromatic rings. The summed E-state index contributed by atoms with van der Waals surface area (Å²) in [6.45, 7) is 5.19. The second-order valence-corrected chi connectivity index (χ2v) is 8.87. The zero-order valence-electron chi connectivity index (χ0n) is 21.3. The SMILES string of the molecule is CCC(=C(c1ccccc1OCCN(C)C)c1ccccc1OCCN(C)C)c1ccccc1. The molecule has 0 bridgehead atoms. The number of nitrogens with zero attached hydrogens (tertiary/aromatic N) is 2. The van der Waals surface area contributed by atoms with Crippen LogP contribution in [0.4, 0.5) is 0 Å². The summed E-state index contributed by atoms with van der Waals surface area (Å²) >= 11 is 0. The van der Waals surface area contributed by atoms with E-state index in [-0.39, 0.29) is 0 Å². The molecule has 0 aromatic heterocycles. The van der Waals surface area contributed by atoms with Crippen LogP contribution < -0.4 is 9.47 Å². The van der Waals surface area contributed by atoms with Gasteiger partial charge in [0.15, 0.2) is 0 Å². The first-order valence-electron chi connectivity index (χ1n) is 12.0. The molecule has 0 N–H and O–H groups in total. The maximum atomic E-state index is 6.31. The number of ether oxygens (including phenoxy) is 2. The van der Waals surface area contributed by atoms with Gasteiger partial charge >= 0.3 is 0 Å². The summed E-state index contributed by atoms with van der Waals surface area (Å²) in [5.74, 6) is 1.79. The van der Waals surface area contributed by atoms with E-state index in [0.29, 0.717) is 13.2 Å². The van der Waals surface area contributed by atoms with Crippen molar-refractivity contribution in [3.63, 3.8) is 0 Å². The summed E-state index contributed by atoms with van der Waals surface area (Å²) in [4.78, 5) is 4.27. The average Bonchev–Trinajstić information content (AvgIpc) is 2.83. The van der Waals surface area contributed by atoms with Crippen LogP contribution in [0.1, 0.15) is 30.0 Å². The van der Waals surface area contributed by atoms with Crippen LogP contribution in [-0.4, -0.2) is 64.3 Å². The van der Waals surface area contributed by atoms with Crippen LogP contribution in [0.5, 0.6) is 11.5 Å². The highest BCUT2D eigenvalue weighted by atomic mass is 16.5. The van der Waals surface area contributed by atoms with Gasteiger partial charge in [-0.1, -0.05) is 73.7 Å². The van der Waals surface area contributed by atoms with Crippen molar-refractivity contribution in [1.29, 1.82) is 0 Å². The maximum absolute atomic E-state index is 6.31. The molecule has 0 aliphatic rings. The molecule has 0 aliphatic carbocycles. The molecule has 0 amide bonds. The molecule has 4 nitrogen and oxygen atoms in total. The maximum Gasteiger partial charge on any atom is 0.127 e. The van der Waals surface area contributed by atoms with Crippen molar-refractivity contribution in [3.05, 3.63) is 95.6 Å². The van der Waals surface area contributed by atoms with Gasteiger partial charge in [-0.25, -0.2) is 0 Å². The highest BCUT2D eigenvalue weighted by Gasteiger charge is 2.20. The number of rotatable bonds is 12. The first-order chi connectivity index (χ1) is 16.5. The molecule has 0 atom stereocenters. The standard InChI is InChI=1S/C30H38N2O2/c1-6-25(24-14-8-7-9-15-24)30(26-16-10-12-18-28(26)33-22-20-31(2)3)27-17-11-13-19-29(27)34-23-21-32(4)5/h7-19H,6,20-23H2,1-5H3. The molecule has 0 spiro atoms. The molecule has 4 heteroatoms. The molecule has 180 valence electrons. The van der Waals surface area contributed by atoms with E-state index in [1.807, 2.05) is 12.1 Å². The van der Waals surface area contributed by atoms with Crippen LogP contribution in [0.3, 0.4) is 0 Å². The first kappa shape index (κ1) is 25.5. The lowest BCUT2D eigenvalue weighted by Gasteiger charge is -2.22. The summed E-state index contributed by atoms with van der Waals surface area (Å²) in [5, 5.41) is 0. The fourth-order valence-corrected chi connectivity index (χ4v) is 3.91. The van der Waals surface area contributed by atoms with Crippen LogP contribution in [0, 0.1) is 0 Å². The van der Waals surface area contributed by atoms with E-state index in [1.54, 1.807) is 0 Å². The molecule has 0 heterocycles. The first-order valence-corrected chi connectivity index (χ1v) is 12.0. The van der Waals surface area contributed by atoms with Crippen molar-refractivity contribution in [2.75, 3.05) is 54.5 Å². The molecule has 0 radical (unpaired) electrons. The third-order valence-electron chi connectivity index (χ3n) is 5.68. The number of para-hydroxylation sites is 2. The molecule has 3 aromatic carbocycles. The summed E-state index contributed by atoms with van der Waals surface area (Å²) in [5.41, 5.74) is 5.82. The van der Waals surface area contributed by atoms with Gasteiger partial charge < -0.3 is 19.3 Å². The van der Waals surface area contributed by atoms with Crippen LogP contribution in [0.15, 0.2) is 78.9 Å². The number of likely N-dealkylation sites (N-methyl/N-ethyl adjacent to an activating group) is 2. The van der Waals surface area contributed by atoms with Crippen LogP contribution >= 0.6 is 0 Å². The van der Waals surface area contributed by atoms with Crippen molar-refractivity contribution >= 4 is 11.1 Å². The van der Waals surface area contributed by atoms with Crippen molar-refractivity contribution in [2.45, 2.75) is 13.3 Å². The Kier molecular flexibility index (Phi) is 9.75. The molecule has 0 saturated heterocycles. The van der Waals surface area contributed by atoms with E-state index in [0.717, 1.165) is 47.7 Å². The van der Waals surface area contributed by atoms with Gasteiger partial charge in [-0.05, 0) is 57.9 Å². The van der Waals surface area contributed by atoms with Gasteiger partial charge in [0.05, 0.1) is 0 Å². The molecular weight excluding hydrogens is 420 g/mol. The predicted octanol–water partition coefficient (Wildman–Crippen LogP) is 5.94. The van der Waals surface area contributed by atoms with Crippen LogP contribution in [0.25, 0.3) is 11.1 Å². The van der Waals surface area contributed by atoms with Crippen molar-refractivity contribution in [2.24, 2.45) is 0 Å². The number of hydrogen-bond donors (Lipinski definition) is 0. The second kappa shape index (κ2) is 13.0. The molecule has 3 rings (SSSR count). The van der Waals surface area contributed by atoms with Crippen molar-refractivity contribution in [1.82, 2.24) is 9.80 Å². The normalized spacial score (nSPS) is 11.0. The Morgan fingerprint density at radius 2 is 1.06 bits per heavy atom. The smallest absolute Gasteiger partial charge is 0.127 e. The zero-order valence-corrected chi connectivity index (χ0v) is 21.3. The van der Waals surface area contributed by atoms with E-state index in [2.05, 4.69) is 112 Å². The minimum absolute atomic E-state index is 0.630. The highest BCUT2D eigenvalue weighted by molar-refractivity contribution is 6.01. The summed E-state index contributed by atoms with van der Waals surface area (Å²) in [7, 11) is 8.25. The topological polar surface area (TPSA) is 24.9 Å². The fraction of sp³-hybridized carbons (Fsp3) is 0.333. The zero-order chi connectivity index (χ0) is 24.3. The predicted molar refractivity (Wildman–Crippen MR) is 144 cm³/mol. The Bertz CT molecular complexity index is 999. The van der Waals surface area contributed by atoms with Gasteiger partial charge in [0, 0.05) is 29.8 Å². The third-order valence-corrected chi connectivity index (χ3v) is 5.68. The monoisotopic (exact) mass is 458 g/mol. The van der Waals surface area contributed by atoms with Gasteiger partial charge in [0.2, 0.25) is 0 Å². The summed E-state index contributed by atoms with van der Waals surface area (Å²) in [6, 6.07) is 27.3. The fourth-order valence-electron chi connectivity index (χ4n) is 3.91. The van der Waals surface area contributed by atoms with Gasteiger partial charge in [-0.3, -0.25) is 0 Å². The van der Waals surface area contributed by atoms with Crippen LogP contribution in [-0.2, 0) is 0 Å². The molecule has 34 heavy (non-hydrogen) atoms. The number of benzene rings is 3. The summed E-state index contributed by atoms with van der Waals surface area (Å²) < 4.78 is 12.6. The Hall–Kier alpha value is -3.08. The second-order valence-electron chi connectivity index (χ2n) is 8.87. The quantitative estimate of drug-likeness (QED) is 0.314. The van der Waals surface area contributed by atoms with Crippen molar-refractivity contribution in [3.8, 4) is 11.5 Å². The Balaban J connectivity index is 2.17. The Morgan fingerprint density at radius 1 is 0.618 bits per heavy atom. The Morgan fingerprint density at radius 3 is 1.50 bits per heavy atom. The van der Waals surface area contributed by atoms with E-state index in [4.69, 9.17) is 9.47 Å². The molecule has 0 fully saturated rings. The van der Waals surface area contributed by atoms with Crippen LogP contribution in [0.2, 0.25) is 0 Å². The van der Waals surface area contributed by atoms with E-state index >= 15 is 0 Å². The summed E-state index contributed by atoms with van der Waals surface area (Å²) in [6.07, 6.45) is 0.886. The number of allylic oxidation sites excluding steroid dienone is 1. The third kappa shape index (κ3) is 6.96. The van der Waals surface area contributed by atoms with Crippen molar-refractivity contribution < 1.29 is 9.47 Å². The Labute approximate surface area is 205 Å². The largest absolute Gasteiger partial charge is 0.492 e. The van der Waals surface area contributed by atoms with Gasteiger partial charge in [0.1, 0.15) is 24.7 Å². The van der Waals surface area contributed by atoms with Gasteiger partial charge in [0.25, 0.3) is 0 Å². The van der Waals surface area contributed by atoms with Gasteiger partial charge in [-0.2, -0.15) is 0 Å². The molecule has 0 saturated carbocycles. The lowest BCUT2D eigenvalue weighted by Crippen LogP contribution is -2.20. The lowest BCUT2D eigenvalue weighted by molar-refractivity contribution is 0.260. The minimum atomic E-state index is 0.630. The highest BCUT2D eigenvalue weighted by Crippen LogP contribution is 2.41. The lowest BCUT2D eigenvalue weighted by atomic mass is 9.87. The minimum Gasteiger partial charge on any atom is -0.492 e. The number of hydrogen-bond acceptors (Lipinski definition) is 4. The molecular formula is C30H38N2O2. The van der Waals surface area contributed by atoms with E-state index in [9.17, 15) is 0 Å². The molecule has 0 aliphatic heterocycles. The molecule has 0 unspecified atom stereocenters. The average molecular weight is 459 g/mol.